The number of aliphatic hydroxyl groups is 3. The van der Waals surface area contributed by atoms with E-state index in [1.54, 1.807) is 24.3 Å². The standard InChI is InChI=1S/C59H66N6O16/c1-31-50(68)40(26-45(80-31)81-43-28-59(77,44(67)29-66)27-37-47(43)54(72)49-48(52(37)70)51(69)36-16-11-18-42(78-2)46(36)53(49)71)65-58(76)79-30-34-19-21-35(22-20-34)62-56(74)39(17-9-10-23-60)63-57(75)41(25-33-14-7-4-8-15-33)64-55(73)38(61)24-32-12-5-3-6-13-32/h3-8,11-16,18-22,31,38-41,43,45,50,66,68,70,72,77H,9-10,17,23-30,60-61H2,1-2H3,(H,62,74)(H,63,75)(H,64,73)(H,65,76)/t31?,38-,39-,40?,41-,43-,45?,50?,59-/m0/s1. The highest BCUT2D eigenvalue weighted by atomic mass is 16.7. The number of aromatic hydroxyl groups is 2. The van der Waals surface area contributed by atoms with Crippen molar-refractivity contribution >= 4 is 46.9 Å². The Kier molecular flexibility index (Phi) is 19.0. The van der Waals surface area contributed by atoms with E-state index in [1.165, 1.54) is 32.2 Å². The first-order valence-electron chi connectivity index (χ1n) is 26.5. The molecule has 4 unspecified atom stereocenters. The minimum Gasteiger partial charge on any atom is -0.507 e. The Morgan fingerprint density at radius 3 is 2.09 bits per heavy atom. The average molecular weight is 1120 g/mol. The van der Waals surface area contributed by atoms with Gasteiger partial charge in [0.15, 0.2) is 17.9 Å². The fraction of sp³-hybridized carbons (Fsp3) is 0.373. The number of aliphatic hydroxyl groups excluding tert-OH is 2. The smallest absolute Gasteiger partial charge is 0.407 e. The zero-order chi connectivity index (χ0) is 58.1. The molecule has 8 rings (SSSR count). The van der Waals surface area contributed by atoms with Gasteiger partial charge in [-0.3, -0.25) is 28.8 Å². The third-order valence-electron chi connectivity index (χ3n) is 14.8. The number of ketones is 3. The summed E-state index contributed by atoms with van der Waals surface area (Å²) in [7, 11) is 1.29. The van der Waals surface area contributed by atoms with Gasteiger partial charge in [-0.2, -0.15) is 0 Å². The highest BCUT2D eigenvalue weighted by Gasteiger charge is 2.50. The van der Waals surface area contributed by atoms with Crippen molar-refractivity contribution in [1.82, 2.24) is 16.0 Å². The van der Waals surface area contributed by atoms with Crippen LogP contribution in [0.3, 0.4) is 0 Å². The average Bonchev–Trinajstić information content (AvgIpc) is 3.61. The summed E-state index contributed by atoms with van der Waals surface area (Å²) in [5, 5.41) is 67.4. The van der Waals surface area contributed by atoms with Gasteiger partial charge in [0.2, 0.25) is 23.5 Å². The maximum absolute atomic E-state index is 14.1. The molecular formula is C59H66N6O16. The molecule has 81 heavy (non-hydrogen) atoms. The molecule has 5 aromatic rings. The second-order valence-corrected chi connectivity index (χ2v) is 20.4. The maximum atomic E-state index is 14.1. The third-order valence-corrected chi connectivity index (χ3v) is 14.8. The van der Waals surface area contributed by atoms with Gasteiger partial charge < -0.3 is 77.2 Å². The van der Waals surface area contributed by atoms with Gasteiger partial charge in [0, 0.05) is 48.1 Å². The van der Waals surface area contributed by atoms with Crippen molar-refractivity contribution in [3.63, 3.8) is 0 Å². The molecule has 1 heterocycles. The van der Waals surface area contributed by atoms with Gasteiger partial charge in [-0.15, -0.1) is 0 Å². The molecular weight excluding hydrogens is 1050 g/mol. The number of amides is 4. The van der Waals surface area contributed by atoms with Crippen molar-refractivity contribution in [2.45, 2.75) is 119 Å². The molecule has 1 aliphatic heterocycles. The number of nitrogens with one attached hydrogen (secondary N) is 4. The van der Waals surface area contributed by atoms with E-state index in [0.29, 0.717) is 30.6 Å². The summed E-state index contributed by atoms with van der Waals surface area (Å²) in [6, 6.07) is 24.8. The van der Waals surface area contributed by atoms with Gasteiger partial charge >= 0.3 is 6.09 Å². The Morgan fingerprint density at radius 2 is 1.43 bits per heavy atom. The normalized spacial score (nSPS) is 21.2. The molecule has 0 bridgehead atoms. The number of ether oxygens (including phenoxy) is 4. The van der Waals surface area contributed by atoms with Crippen LogP contribution in [0.25, 0.3) is 0 Å². The predicted molar refractivity (Wildman–Crippen MR) is 291 cm³/mol. The molecule has 9 atom stereocenters. The summed E-state index contributed by atoms with van der Waals surface area (Å²) < 4.78 is 23.1. The topological polar surface area (TPSA) is 358 Å². The maximum Gasteiger partial charge on any atom is 0.407 e. The van der Waals surface area contributed by atoms with E-state index in [9.17, 15) is 59.1 Å². The number of benzene rings is 5. The van der Waals surface area contributed by atoms with Crippen LogP contribution in [0, 0.1) is 0 Å². The summed E-state index contributed by atoms with van der Waals surface area (Å²) in [6.45, 7) is 0.462. The lowest BCUT2D eigenvalue weighted by molar-refractivity contribution is -0.249. The molecule has 428 valence electrons. The van der Waals surface area contributed by atoms with Gasteiger partial charge in [-0.1, -0.05) is 84.9 Å². The summed E-state index contributed by atoms with van der Waals surface area (Å²) in [5.41, 5.74) is 10.2. The minimum absolute atomic E-state index is 0.0307. The van der Waals surface area contributed by atoms with Crippen LogP contribution >= 0.6 is 0 Å². The number of unbranched alkanes of at least 4 members (excludes halogenated alkanes) is 1. The molecule has 0 aromatic heterocycles. The zero-order valence-electron chi connectivity index (χ0n) is 44.6. The number of nitrogens with two attached hydrogens (primary N) is 2. The van der Waals surface area contributed by atoms with Gasteiger partial charge in [0.1, 0.15) is 54.3 Å². The fourth-order valence-corrected chi connectivity index (χ4v) is 10.4. The van der Waals surface area contributed by atoms with Crippen LogP contribution in [0.5, 0.6) is 17.2 Å². The molecule has 2 aliphatic carbocycles. The Morgan fingerprint density at radius 1 is 0.778 bits per heavy atom. The summed E-state index contributed by atoms with van der Waals surface area (Å²) in [6.07, 6.45) is -6.09. The highest BCUT2D eigenvalue weighted by molar-refractivity contribution is 6.31. The lowest BCUT2D eigenvalue weighted by Gasteiger charge is -2.42. The van der Waals surface area contributed by atoms with Crippen LogP contribution in [0.2, 0.25) is 0 Å². The van der Waals surface area contributed by atoms with Crippen molar-refractivity contribution in [3.05, 3.63) is 153 Å². The SMILES string of the molecule is COc1cccc2c1C(=O)c1c(O)c3c(c(O)c1C2=O)C[C@@](O)(C(=O)CO)C[C@@H]3OC1CC(NC(=O)OCc2ccc(NC(=O)[C@H](CCCCN)NC(=O)[C@H](Cc3ccccc3)NC(=O)[C@@H](N)Cc3ccccc3)cc2)C(O)C(C)O1. The number of rotatable bonds is 22. The molecule has 4 amide bonds. The van der Waals surface area contributed by atoms with E-state index in [1.807, 2.05) is 60.7 Å². The minimum atomic E-state index is -2.41. The fourth-order valence-electron chi connectivity index (χ4n) is 10.4. The first-order valence-corrected chi connectivity index (χ1v) is 26.5. The molecule has 3 aliphatic rings. The van der Waals surface area contributed by atoms with E-state index in [0.717, 1.165) is 11.1 Å². The van der Waals surface area contributed by atoms with E-state index >= 15 is 0 Å². The molecule has 0 saturated carbocycles. The van der Waals surface area contributed by atoms with Gasteiger partial charge in [0.25, 0.3) is 0 Å². The lowest BCUT2D eigenvalue weighted by atomic mass is 9.72. The number of Topliss-reactive ketones (excluding diaryl/α,β-unsaturated/α-hetero) is 1. The number of carbonyl (C=O) groups excluding carboxylic acids is 7. The van der Waals surface area contributed by atoms with E-state index in [-0.39, 0.29) is 60.3 Å². The molecule has 0 spiro atoms. The first kappa shape index (κ1) is 59.0. The monoisotopic (exact) mass is 1110 g/mol. The van der Waals surface area contributed by atoms with E-state index in [4.69, 9.17) is 30.4 Å². The predicted octanol–water partition coefficient (Wildman–Crippen LogP) is 2.82. The number of hydrogen-bond acceptors (Lipinski definition) is 18. The Hall–Kier alpha value is -8.09. The van der Waals surface area contributed by atoms with Gasteiger partial charge in [-0.05, 0) is 74.0 Å². The number of hydrogen-bond donors (Lipinski definition) is 11. The van der Waals surface area contributed by atoms with Gasteiger partial charge in [-0.25, -0.2) is 4.79 Å². The van der Waals surface area contributed by atoms with Crippen molar-refractivity contribution in [2.24, 2.45) is 11.5 Å². The van der Waals surface area contributed by atoms with Crippen LogP contribution in [0.1, 0.15) is 105 Å². The Bertz CT molecular complexity index is 3140. The molecule has 1 fully saturated rings. The van der Waals surface area contributed by atoms with Crippen LogP contribution in [0.4, 0.5) is 10.5 Å². The van der Waals surface area contributed by atoms with Crippen molar-refractivity contribution in [1.29, 1.82) is 0 Å². The zero-order valence-corrected chi connectivity index (χ0v) is 44.6. The van der Waals surface area contributed by atoms with Crippen LogP contribution < -0.4 is 37.5 Å². The Labute approximate surface area is 466 Å². The molecule has 22 heteroatoms. The lowest BCUT2D eigenvalue weighted by Crippen LogP contribution is -2.56. The molecule has 22 nitrogen and oxygen atoms in total. The van der Waals surface area contributed by atoms with Crippen molar-refractivity contribution in [3.8, 4) is 17.2 Å². The number of phenols is 2. The van der Waals surface area contributed by atoms with Crippen LogP contribution in [-0.2, 0) is 59.3 Å². The van der Waals surface area contributed by atoms with E-state index in [2.05, 4.69) is 21.3 Å². The second kappa shape index (κ2) is 26.0. The van der Waals surface area contributed by atoms with Crippen molar-refractivity contribution < 1.29 is 78.0 Å². The number of alkyl carbamates (subject to hydrolysis) is 1. The molecule has 0 radical (unpaired) electrons. The second-order valence-electron chi connectivity index (χ2n) is 20.4. The number of anilines is 1. The van der Waals surface area contributed by atoms with Gasteiger partial charge in [0.05, 0.1) is 48.1 Å². The molecule has 13 N–H and O–H groups in total. The molecule has 1 saturated heterocycles. The summed E-state index contributed by atoms with van der Waals surface area (Å²) in [4.78, 5) is 95.6. The summed E-state index contributed by atoms with van der Waals surface area (Å²) in [5.74, 6) is -5.95. The number of methoxy groups -OCH3 is 1. The van der Waals surface area contributed by atoms with Crippen molar-refractivity contribution in [2.75, 3.05) is 25.6 Å². The van der Waals surface area contributed by atoms with Crippen LogP contribution in [0.15, 0.2) is 103 Å². The molecule has 5 aromatic carbocycles. The Balaban J connectivity index is 0.906. The largest absolute Gasteiger partial charge is 0.507 e. The number of fused-ring (bicyclic) bond motifs is 3. The summed E-state index contributed by atoms with van der Waals surface area (Å²) >= 11 is 0. The number of carbonyl (C=O) groups is 7. The third kappa shape index (κ3) is 13.4. The highest BCUT2D eigenvalue weighted by Crippen LogP contribution is 2.52. The quantitative estimate of drug-likeness (QED) is 0.0344. The van der Waals surface area contributed by atoms with Crippen LogP contribution in [-0.4, -0.2) is 135 Å². The van der Waals surface area contributed by atoms with E-state index < -0.39 is 138 Å². The first-order chi connectivity index (χ1) is 38.8. The number of phenolic OH excluding ortho intramolecular Hbond substituents is 2.